The predicted octanol–water partition coefficient (Wildman–Crippen LogP) is 5.01. The summed E-state index contributed by atoms with van der Waals surface area (Å²) in [5.41, 5.74) is 6.09. The van der Waals surface area contributed by atoms with Gasteiger partial charge < -0.3 is 18.9 Å². The number of para-hydroxylation sites is 1. The zero-order valence-electron chi connectivity index (χ0n) is 20.3. The van der Waals surface area contributed by atoms with Crippen molar-refractivity contribution in [2.24, 2.45) is 14.1 Å². The molecule has 0 bridgehead atoms. The number of nitrogens with one attached hydrogen (secondary N) is 1. The van der Waals surface area contributed by atoms with Gasteiger partial charge in [0, 0.05) is 66.0 Å². The number of fused-ring (bicyclic) bond motifs is 1. The van der Waals surface area contributed by atoms with E-state index in [1.165, 1.54) is 9.13 Å². The summed E-state index contributed by atoms with van der Waals surface area (Å²) in [7, 11) is 3.40. The number of benzene rings is 1. The van der Waals surface area contributed by atoms with Gasteiger partial charge in [0.05, 0.1) is 6.20 Å². The molecule has 0 saturated heterocycles. The lowest BCUT2D eigenvalue weighted by Crippen LogP contribution is -2.18. The van der Waals surface area contributed by atoms with Crippen LogP contribution in [-0.4, -0.2) is 19.1 Å². The van der Waals surface area contributed by atoms with Crippen LogP contribution in [0.4, 0.5) is 0 Å². The standard InChI is InChI=1S/C28H26N4O3/c1-16-7-6-8-17(2)27(16)35-24-15-31(4)25(33)13-20(24)22-14-32(5)28(34)26-21(22)12-23(30-26)19-9-10-29-18(3)11-19/h6-15,30H,1-5H3. The molecule has 5 rings (SSSR count). The number of aromatic nitrogens is 4. The molecule has 0 fully saturated rings. The molecule has 0 radical (unpaired) electrons. The fourth-order valence-corrected chi connectivity index (χ4v) is 4.38. The van der Waals surface area contributed by atoms with E-state index in [1.54, 1.807) is 38.8 Å². The number of ether oxygens (including phenoxy) is 1. The molecule has 0 aliphatic heterocycles. The molecule has 0 atom stereocenters. The monoisotopic (exact) mass is 466 g/mol. The van der Waals surface area contributed by atoms with Gasteiger partial charge in [-0.1, -0.05) is 18.2 Å². The van der Waals surface area contributed by atoms with Crippen molar-refractivity contribution in [3.05, 3.63) is 98.6 Å². The normalized spacial score (nSPS) is 11.2. The molecule has 7 nitrogen and oxygen atoms in total. The topological polar surface area (TPSA) is 81.9 Å². The Hall–Kier alpha value is -4.39. The van der Waals surface area contributed by atoms with Crippen LogP contribution in [-0.2, 0) is 14.1 Å². The van der Waals surface area contributed by atoms with Gasteiger partial charge in [0.1, 0.15) is 11.3 Å². The summed E-state index contributed by atoms with van der Waals surface area (Å²) in [5, 5.41) is 0.720. The van der Waals surface area contributed by atoms with Gasteiger partial charge >= 0.3 is 0 Å². The third kappa shape index (κ3) is 3.95. The van der Waals surface area contributed by atoms with Crippen molar-refractivity contribution in [2.75, 3.05) is 0 Å². The molecule has 0 spiro atoms. The highest BCUT2D eigenvalue weighted by Gasteiger charge is 2.19. The average molecular weight is 467 g/mol. The Bertz CT molecular complexity index is 1700. The fourth-order valence-electron chi connectivity index (χ4n) is 4.38. The Balaban J connectivity index is 1.78. The van der Waals surface area contributed by atoms with Crippen LogP contribution in [0.5, 0.6) is 11.5 Å². The van der Waals surface area contributed by atoms with Crippen LogP contribution in [0.3, 0.4) is 0 Å². The lowest BCUT2D eigenvalue weighted by atomic mass is 10.0. The summed E-state index contributed by atoms with van der Waals surface area (Å²) < 4.78 is 9.44. The summed E-state index contributed by atoms with van der Waals surface area (Å²) >= 11 is 0. The summed E-state index contributed by atoms with van der Waals surface area (Å²) in [5.74, 6) is 1.28. The quantitative estimate of drug-likeness (QED) is 0.404. The maximum absolute atomic E-state index is 13.0. The second-order valence-electron chi connectivity index (χ2n) is 8.94. The highest BCUT2D eigenvalue weighted by molar-refractivity contribution is 5.98. The molecule has 1 aromatic carbocycles. The second kappa shape index (κ2) is 8.43. The predicted molar refractivity (Wildman–Crippen MR) is 138 cm³/mol. The van der Waals surface area contributed by atoms with Crippen molar-refractivity contribution in [1.29, 1.82) is 0 Å². The molecule has 0 aliphatic rings. The first-order chi connectivity index (χ1) is 16.7. The first-order valence-electron chi connectivity index (χ1n) is 11.3. The Morgan fingerprint density at radius 2 is 1.63 bits per heavy atom. The van der Waals surface area contributed by atoms with Gasteiger partial charge in [-0.15, -0.1) is 0 Å². The van der Waals surface area contributed by atoms with Crippen molar-refractivity contribution < 1.29 is 4.74 Å². The van der Waals surface area contributed by atoms with Gasteiger partial charge in [-0.2, -0.15) is 0 Å². The maximum Gasteiger partial charge on any atom is 0.274 e. The number of H-pyrrole nitrogens is 1. The van der Waals surface area contributed by atoms with Crippen LogP contribution in [0.15, 0.2) is 70.6 Å². The Labute approximate surface area is 202 Å². The van der Waals surface area contributed by atoms with Crippen molar-refractivity contribution in [3.63, 3.8) is 0 Å². The van der Waals surface area contributed by atoms with Gasteiger partial charge in [0.2, 0.25) is 0 Å². The minimum Gasteiger partial charge on any atom is -0.455 e. The number of hydrogen-bond donors (Lipinski definition) is 1. The van der Waals surface area contributed by atoms with Crippen LogP contribution in [0.2, 0.25) is 0 Å². The van der Waals surface area contributed by atoms with Gasteiger partial charge in [-0.25, -0.2) is 0 Å². The maximum atomic E-state index is 13.0. The van der Waals surface area contributed by atoms with Crippen LogP contribution in [0, 0.1) is 20.8 Å². The van der Waals surface area contributed by atoms with E-state index < -0.39 is 0 Å². The first-order valence-corrected chi connectivity index (χ1v) is 11.3. The lowest BCUT2D eigenvalue weighted by molar-refractivity contribution is 0.470. The zero-order valence-corrected chi connectivity index (χ0v) is 20.3. The molecular formula is C28H26N4O3. The third-order valence-corrected chi connectivity index (χ3v) is 6.28. The number of nitrogens with zero attached hydrogens (tertiary/aromatic N) is 3. The molecule has 7 heteroatoms. The lowest BCUT2D eigenvalue weighted by Gasteiger charge is -2.17. The van der Waals surface area contributed by atoms with Crippen LogP contribution < -0.4 is 15.9 Å². The fraction of sp³-hybridized carbons (Fsp3) is 0.179. The molecule has 1 N–H and O–H groups in total. The van der Waals surface area contributed by atoms with E-state index in [1.807, 2.05) is 57.2 Å². The molecule has 4 aromatic heterocycles. The van der Waals surface area contributed by atoms with E-state index in [0.29, 0.717) is 16.8 Å². The van der Waals surface area contributed by atoms with E-state index in [9.17, 15) is 9.59 Å². The highest BCUT2D eigenvalue weighted by atomic mass is 16.5. The zero-order chi connectivity index (χ0) is 24.9. The van der Waals surface area contributed by atoms with E-state index in [2.05, 4.69) is 9.97 Å². The molecule has 0 aliphatic carbocycles. The van der Waals surface area contributed by atoms with Gasteiger partial charge in [0.15, 0.2) is 5.75 Å². The van der Waals surface area contributed by atoms with E-state index in [0.717, 1.165) is 44.8 Å². The average Bonchev–Trinajstić information content (AvgIpc) is 3.27. The van der Waals surface area contributed by atoms with Crippen LogP contribution in [0.25, 0.3) is 33.3 Å². The largest absolute Gasteiger partial charge is 0.455 e. The van der Waals surface area contributed by atoms with Gasteiger partial charge in [0.25, 0.3) is 11.1 Å². The number of aromatic amines is 1. The van der Waals surface area contributed by atoms with Crippen molar-refractivity contribution in [1.82, 2.24) is 19.1 Å². The minimum atomic E-state index is -0.170. The Kier molecular flexibility index (Phi) is 5.40. The Morgan fingerprint density at radius 1 is 0.886 bits per heavy atom. The van der Waals surface area contributed by atoms with Crippen LogP contribution >= 0.6 is 0 Å². The van der Waals surface area contributed by atoms with Gasteiger partial charge in [-0.3, -0.25) is 14.6 Å². The number of hydrogen-bond acceptors (Lipinski definition) is 4. The number of aryl methyl sites for hydroxylation is 5. The summed E-state index contributed by atoms with van der Waals surface area (Å²) in [6.45, 7) is 5.90. The van der Waals surface area contributed by atoms with Crippen molar-refractivity contribution >= 4 is 10.9 Å². The number of pyridine rings is 3. The van der Waals surface area contributed by atoms with Crippen LogP contribution in [0.1, 0.15) is 16.8 Å². The van der Waals surface area contributed by atoms with E-state index >= 15 is 0 Å². The molecule has 0 unspecified atom stereocenters. The Morgan fingerprint density at radius 3 is 2.34 bits per heavy atom. The van der Waals surface area contributed by atoms with Crippen molar-refractivity contribution in [2.45, 2.75) is 20.8 Å². The molecule has 5 aromatic rings. The SMILES string of the molecule is Cc1cc(-c2cc3c(-c4cc(=O)n(C)cc4Oc4c(C)cccc4C)cn(C)c(=O)c3[nH]2)ccn1. The number of rotatable bonds is 4. The van der Waals surface area contributed by atoms with Gasteiger partial charge in [-0.05, 0) is 50.1 Å². The second-order valence-corrected chi connectivity index (χ2v) is 8.94. The highest BCUT2D eigenvalue weighted by Crippen LogP contribution is 2.38. The molecular weight excluding hydrogens is 440 g/mol. The third-order valence-electron chi connectivity index (χ3n) is 6.28. The molecule has 35 heavy (non-hydrogen) atoms. The summed E-state index contributed by atoms with van der Waals surface area (Å²) in [6, 6.07) is 13.3. The summed E-state index contributed by atoms with van der Waals surface area (Å²) in [4.78, 5) is 33.3. The van der Waals surface area contributed by atoms with Crippen molar-refractivity contribution in [3.8, 4) is 33.9 Å². The minimum absolute atomic E-state index is 0.151. The van der Waals surface area contributed by atoms with E-state index in [-0.39, 0.29) is 11.1 Å². The molecule has 0 amide bonds. The summed E-state index contributed by atoms with van der Waals surface area (Å²) in [6.07, 6.45) is 5.19. The van der Waals surface area contributed by atoms with E-state index in [4.69, 9.17) is 4.74 Å². The molecule has 4 heterocycles. The first kappa shape index (κ1) is 22.4. The smallest absolute Gasteiger partial charge is 0.274 e. The molecule has 176 valence electrons. The molecule has 0 saturated carbocycles.